The third-order valence-corrected chi connectivity index (χ3v) is 8.16. The minimum atomic E-state index is -3.41. The summed E-state index contributed by atoms with van der Waals surface area (Å²) < 4.78 is 29.8. The number of amides is 1. The van der Waals surface area contributed by atoms with Gasteiger partial charge in [0.2, 0.25) is 0 Å². The van der Waals surface area contributed by atoms with Gasteiger partial charge in [0.05, 0.1) is 0 Å². The van der Waals surface area contributed by atoms with E-state index in [9.17, 15) is 13.2 Å². The predicted molar refractivity (Wildman–Crippen MR) is 109 cm³/mol. The highest BCUT2D eigenvalue weighted by atomic mass is 32.2. The van der Waals surface area contributed by atoms with E-state index < -0.39 is 10.2 Å². The van der Waals surface area contributed by atoms with E-state index in [1.165, 1.54) is 4.31 Å². The minimum absolute atomic E-state index is 0.0531. The van der Waals surface area contributed by atoms with E-state index in [1.54, 1.807) is 18.4 Å². The van der Waals surface area contributed by atoms with E-state index in [1.807, 2.05) is 46.8 Å². The van der Waals surface area contributed by atoms with Crippen LogP contribution in [-0.4, -0.2) is 72.2 Å². The number of carbonyl (C=O) groups is 1. The van der Waals surface area contributed by atoms with Crippen molar-refractivity contribution in [2.24, 2.45) is 13.0 Å². The smallest absolute Gasteiger partial charge is 0.281 e. The molecule has 0 saturated carbocycles. The molecular weight excluding hydrogens is 376 g/mol. The van der Waals surface area contributed by atoms with Crippen LogP contribution in [0.15, 0.2) is 30.3 Å². The molecule has 1 amide bonds. The van der Waals surface area contributed by atoms with Crippen molar-refractivity contribution in [3.8, 4) is 0 Å². The quantitative estimate of drug-likeness (QED) is 0.785. The summed E-state index contributed by atoms with van der Waals surface area (Å²) in [6, 6.07) is 10.1. The maximum atomic E-state index is 13.4. The Labute approximate surface area is 166 Å². The van der Waals surface area contributed by atoms with Gasteiger partial charge in [-0.2, -0.15) is 17.0 Å². The third kappa shape index (κ3) is 3.13. The Balaban J connectivity index is 1.58. The molecule has 152 valence electrons. The van der Waals surface area contributed by atoms with Crippen LogP contribution >= 0.6 is 0 Å². The summed E-state index contributed by atoms with van der Waals surface area (Å²) in [6.07, 6.45) is 2.56. The Kier molecular flexibility index (Phi) is 4.97. The number of hydrogen-bond acceptors (Lipinski definition) is 3. The Bertz CT molecular complexity index is 998. The second-order valence-corrected chi connectivity index (χ2v) is 10.2. The van der Waals surface area contributed by atoms with Gasteiger partial charge in [-0.25, -0.2) is 0 Å². The molecule has 0 radical (unpaired) electrons. The van der Waals surface area contributed by atoms with E-state index in [4.69, 9.17) is 0 Å². The molecule has 0 aliphatic carbocycles. The van der Waals surface area contributed by atoms with Crippen LogP contribution in [0.3, 0.4) is 0 Å². The molecule has 7 nitrogen and oxygen atoms in total. The SMILES string of the molecule is CN(C)S(=O)(=O)N1CC[C@H]2[C@H](CCCN2C(=O)c2cc3ccccc3n2C)C1. The first kappa shape index (κ1) is 19.4. The number of hydrogen-bond donors (Lipinski definition) is 0. The Morgan fingerprint density at radius 2 is 1.89 bits per heavy atom. The number of benzene rings is 1. The molecule has 2 aromatic rings. The fourth-order valence-corrected chi connectivity index (χ4v) is 5.88. The van der Waals surface area contributed by atoms with Crippen LogP contribution in [0.5, 0.6) is 0 Å². The zero-order valence-corrected chi connectivity index (χ0v) is 17.5. The van der Waals surface area contributed by atoms with Crippen molar-refractivity contribution in [2.75, 3.05) is 33.7 Å². The molecule has 0 spiro atoms. The number of piperidine rings is 2. The van der Waals surface area contributed by atoms with Gasteiger partial charge >= 0.3 is 0 Å². The molecule has 8 heteroatoms. The second-order valence-electron chi connectivity index (χ2n) is 8.05. The zero-order chi connectivity index (χ0) is 20.1. The lowest BCUT2D eigenvalue weighted by Crippen LogP contribution is -2.57. The average Bonchev–Trinajstić information content (AvgIpc) is 3.03. The van der Waals surface area contributed by atoms with Crippen LogP contribution in [0, 0.1) is 5.92 Å². The van der Waals surface area contributed by atoms with Gasteiger partial charge in [-0.3, -0.25) is 4.79 Å². The van der Waals surface area contributed by atoms with Crippen molar-refractivity contribution in [2.45, 2.75) is 25.3 Å². The first-order chi connectivity index (χ1) is 13.3. The molecule has 2 aliphatic rings. The van der Waals surface area contributed by atoms with Crippen LogP contribution in [-0.2, 0) is 17.3 Å². The lowest BCUT2D eigenvalue weighted by Gasteiger charge is -2.47. The van der Waals surface area contributed by atoms with Gasteiger partial charge in [0.1, 0.15) is 5.69 Å². The van der Waals surface area contributed by atoms with Crippen LogP contribution < -0.4 is 0 Å². The van der Waals surface area contributed by atoms with Crippen LogP contribution in [0.25, 0.3) is 10.9 Å². The van der Waals surface area contributed by atoms with E-state index in [0.29, 0.717) is 25.2 Å². The van der Waals surface area contributed by atoms with Crippen molar-refractivity contribution in [3.05, 3.63) is 36.0 Å². The van der Waals surface area contributed by atoms with Gasteiger partial charge in [-0.15, -0.1) is 0 Å². The first-order valence-corrected chi connectivity index (χ1v) is 11.2. The fourth-order valence-electron chi connectivity index (χ4n) is 4.70. The zero-order valence-electron chi connectivity index (χ0n) is 16.7. The van der Waals surface area contributed by atoms with E-state index in [2.05, 4.69) is 0 Å². The maximum Gasteiger partial charge on any atom is 0.281 e. The minimum Gasteiger partial charge on any atom is -0.340 e. The highest BCUT2D eigenvalue weighted by molar-refractivity contribution is 7.86. The van der Waals surface area contributed by atoms with E-state index in [0.717, 1.165) is 30.3 Å². The lowest BCUT2D eigenvalue weighted by molar-refractivity contribution is 0.0321. The topological polar surface area (TPSA) is 65.9 Å². The molecule has 4 rings (SSSR count). The molecule has 1 aromatic heterocycles. The highest BCUT2D eigenvalue weighted by Crippen LogP contribution is 2.33. The molecule has 2 fully saturated rings. The summed E-state index contributed by atoms with van der Waals surface area (Å²) in [5, 5.41) is 1.06. The second kappa shape index (κ2) is 7.17. The number of fused-ring (bicyclic) bond motifs is 2. The van der Waals surface area contributed by atoms with E-state index >= 15 is 0 Å². The number of aromatic nitrogens is 1. The summed E-state index contributed by atoms with van der Waals surface area (Å²) >= 11 is 0. The standard InChI is InChI=1S/C20H28N4O3S/c1-21(2)28(26,27)23-12-10-18-16(14-23)8-6-11-24(18)20(25)19-13-15-7-4-5-9-17(15)22(19)3/h4-5,7,9,13,16,18H,6,8,10-12,14H2,1-3H3/t16-,18+/m1/s1. The maximum absolute atomic E-state index is 13.4. The Morgan fingerprint density at radius 1 is 1.14 bits per heavy atom. The van der Waals surface area contributed by atoms with Crippen LogP contribution in [0.2, 0.25) is 0 Å². The first-order valence-electron chi connectivity index (χ1n) is 9.83. The Morgan fingerprint density at radius 3 is 2.61 bits per heavy atom. The summed E-state index contributed by atoms with van der Waals surface area (Å²) in [6.45, 7) is 1.69. The van der Waals surface area contributed by atoms with Crippen molar-refractivity contribution in [3.63, 3.8) is 0 Å². The number of aryl methyl sites for hydroxylation is 1. The summed E-state index contributed by atoms with van der Waals surface area (Å²) in [4.78, 5) is 15.4. The van der Waals surface area contributed by atoms with Crippen molar-refractivity contribution in [1.29, 1.82) is 0 Å². The van der Waals surface area contributed by atoms with Gasteiger partial charge in [0.15, 0.2) is 0 Å². The Hall–Kier alpha value is -1.90. The van der Waals surface area contributed by atoms with Gasteiger partial charge in [0, 0.05) is 57.7 Å². The van der Waals surface area contributed by atoms with Gasteiger partial charge in [-0.05, 0) is 37.3 Å². The molecular formula is C20H28N4O3S. The molecule has 28 heavy (non-hydrogen) atoms. The number of likely N-dealkylation sites (tertiary alicyclic amines) is 1. The molecule has 1 aromatic carbocycles. The molecule has 0 bridgehead atoms. The van der Waals surface area contributed by atoms with Crippen LogP contribution in [0.4, 0.5) is 0 Å². The van der Waals surface area contributed by atoms with Crippen molar-refractivity contribution < 1.29 is 13.2 Å². The van der Waals surface area contributed by atoms with Crippen LogP contribution in [0.1, 0.15) is 29.8 Å². The summed E-state index contributed by atoms with van der Waals surface area (Å²) in [7, 11) is 1.66. The number of para-hydroxylation sites is 1. The average molecular weight is 405 g/mol. The van der Waals surface area contributed by atoms with Gasteiger partial charge in [0.25, 0.3) is 16.1 Å². The molecule has 2 atom stereocenters. The van der Waals surface area contributed by atoms with Gasteiger partial charge < -0.3 is 9.47 Å². The molecule has 0 unspecified atom stereocenters. The van der Waals surface area contributed by atoms with Gasteiger partial charge in [-0.1, -0.05) is 18.2 Å². The van der Waals surface area contributed by atoms with Crippen molar-refractivity contribution >= 4 is 27.0 Å². The number of nitrogens with zero attached hydrogens (tertiary/aromatic N) is 4. The lowest BCUT2D eigenvalue weighted by atomic mass is 9.84. The summed E-state index contributed by atoms with van der Waals surface area (Å²) in [5.41, 5.74) is 1.75. The van der Waals surface area contributed by atoms with E-state index in [-0.39, 0.29) is 17.9 Å². The molecule has 0 N–H and O–H groups in total. The highest BCUT2D eigenvalue weighted by Gasteiger charge is 2.42. The monoisotopic (exact) mass is 404 g/mol. The fraction of sp³-hybridized carbons (Fsp3) is 0.550. The van der Waals surface area contributed by atoms with Crippen molar-refractivity contribution in [1.82, 2.24) is 18.1 Å². The molecule has 2 aliphatic heterocycles. The summed E-state index contributed by atoms with van der Waals surface area (Å²) in [5.74, 6) is 0.244. The normalized spacial score (nSPS) is 23.9. The molecule has 3 heterocycles. The number of carbonyl (C=O) groups excluding carboxylic acids is 1. The predicted octanol–water partition coefficient (Wildman–Crippen LogP) is 1.91. The third-order valence-electron chi connectivity index (χ3n) is 6.25. The largest absolute Gasteiger partial charge is 0.340 e. The number of rotatable bonds is 3. The molecule has 2 saturated heterocycles.